The third-order valence-electron chi connectivity index (χ3n) is 2.79. The molecule has 1 unspecified atom stereocenters. The summed E-state index contributed by atoms with van der Waals surface area (Å²) in [4.78, 5) is 0. The van der Waals surface area contributed by atoms with Crippen LogP contribution in [0, 0.1) is 0 Å². The molecule has 86 valence electrons. The molecule has 0 spiro atoms. The van der Waals surface area contributed by atoms with Gasteiger partial charge in [0.15, 0.2) is 11.5 Å². The molecule has 1 aliphatic rings. The van der Waals surface area contributed by atoms with Gasteiger partial charge >= 0.3 is 0 Å². The van der Waals surface area contributed by atoms with Gasteiger partial charge in [0.2, 0.25) is 0 Å². The van der Waals surface area contributed by atoms with E-state index in [1.165, 1.54) is 0 Å². The topological polar surface area (TPSA) is 27.7 Å². The second-order valence-electron chi connectivity index (χ2n) is 3.97. The molecule has 1 aliphatic heterocycles. The molecule has 16 heavy (non-hydrogen) atoms. The number of ether oxygens (including phenoxy) is 3. The van der Waals surface area contributed by atoms with E-state index < -0.39 is 0 Å². The lowest BCUT2D eigenvalue weighted by Gasteiger charge is -2.10. The van der Waals surface area contributed by atoms with Crippen molar-refractivity contribution in [3.63, 3.8) is 0 Å². The van der Waals surface area contributed by atoms with Crippen molar-refractivity contribution in [3.05, 3.63) is 29.8 Å². The van der Waals surface area contributed by atoms with Crippen molar-refractivity contribution < 1.29 is 14.2 Å². The van der Waals surface area contributed by atoms with E-state index in [1.807, 2.05) is 19.1 Å². The maximum Gasteiger partial charge on any atom is 0.164 e. The second-order valence-corrected chi connectivity index (χ2v) is 3.97. The van der Waals surface area contributed by atoms with E-state index in [-0.39, 0.29) is 6.10 Å². The normalized spacial score (nSPS) is 17.6. The Kier molecular flexibility index (Phi) is 2.77. The van der Waals surface area contributed by atoms with Crippen molar-refractivity contribution >= 4 is 0 Å². The highest BCUT2D eigenvalue weighted by Crippen LogP contribution is 2.39. The molecule has 0 bridgehead atoms. The molecule has 3 heteroatoms. The van der Waals surface area contributed by atoms with E-state index in [1.54, 1.807) is 14.2 Å². The van der Waals surface area contributed by atoms with Gasteiger partial charge in [0.05, 0.1) is 14.2 Å². The zero-order valence-corrected chi connectivity index (χ0v) is 9.87. The smallest absolute Gasteiger partial charge is 0.164 e. The van der Waals surface area contributed by atoms with Gasteiger partial charge in [-0.3, -0.25) is 0 Å². The summed E-state index contributed by atoms with van der Waals surface area (Å²) in [6, 6.07) is 3.84. The zero-order valence-electron chi connectivity index (χ0n) is 9.87. The first-order valence-electron chi connectivity index (χ1n) is 5.22. The Morgan fingerprint density at radius 2 is 1.94 bits per heavy atom. The predicted molar refractivity (Wildman–Crippen MR) is 62.5 cm³/mol. The molecule has 0 saturated carbocycles. The van der Waals surface area contributed by atoms with Gasteiger partial charge in [-0.2, -0.15) is 0 Å². The highest BCUT2D eigenvalue weighted by atomic mass is 16.5. The lowest BCUT2D eigenvalue weighted by atomic mass is 10.1. The van der Waals surface area contributed by atoms with Crippen LogP contribution in [-0.2, 0) is 6.42 Å². The average Bonchev–Trinajstić information content (AvgIpc) is 2.69. The standard InChI is InChI=1S/C13H16O3/c1-8(2)10-5-9-6-12(14-3)13(15-4)7-11(9)16-10/h6-7,10H,1,5H2,2-4H3. The van der Waals surface area contributed by atoms with Crippen molar-refractivity contribution in [2.45, 2.75) is 19.4 Å². The summed E-state index contributed by atoms with van der Waals surface area (Å²) in [5.74, 6) is 2.31. The minimum atomic E-state index is 0.0758. The Morgan fingerprint density at radius 1 is 1.31 bits per heavy atom. The minimum Gasteiger partial charge on any atom is -0.493 e. The minimum absolute atomic E-state index is 0.0758. The van der Waals surface area contributed by atoms with E-state index in [0.29, 0.717) is 5.75 Å². The fraction of sp³-hybridized carbons (Fsp3) is 0.385. The fourth-order valence-corrected chi connectivity index (χ4v) is 1.84. The highest BCUT2D eigenvalue weighted by Gasteiger charge is 2.25. The van der Waals surface area contributed by atoms with Crippen LogP contribution < -0.4 is 14.2 Å². The van der Waals surface area contributed by atoms with E-state index >= 15 is 0 Å². The van der Waals surface area contributed by atoms with Gasteiger partial charge in [-0.25, -0.2) is 0 Å². The van der Waals surface area contributed by atoms with Crippen LogP contribution in [0.25, 0.3) is 0 Å². The van der Waals surface area contributed by atoms with Crippen molar-refractivity contribution in [2.75, 3.05) is 14.2 Å². The Morgan fingerprint density at radius 3 is 2.50 bits per heavy atom. The first-order valence-corrected chi connectivity index (χ1v) is 5.22. The zero-order chi connectivity index (χ0) is 11.7. The number of hydrogen-bond acceptors (Lipinski definition) is 3. The first-order chi connectivity index (χ1) is 7.65. The molecule has 2 rings (SSSR count). The quantitative estimate of drug-likeness (QED) is 0.733. The van der Waals surface area contributed by atoms with Crippen LogP contribution in [0.3, 0.4) is 0 Å². The monoisotopic (exact) mass is 220 g/mol. The van der Waals surface area contributed by atoms with Gasteiger partial charge in [0.1, 0.15) is 11.9 Å². The lowest BCUT2D eigenvalue weighted by Crippen LogP contribution is -2.13. The van der Waals surface area contributed by atoms with Crippen molar-refractivity contribution in [1.82, 2.24) is 0 Å². The number of benzene rings is 1. The third kappa shape index (κ3) is 1.73. The second kappa shape index (κ2) is 4.08. The van der Waals surface area contributed by atoms with Crippen LogP contribution in [0.2, 0.25) is 0 Å². The van der Waals surface area contributed by atoms with E-state index in [0.717, 1.165) is 29.1 Å². The molecule has 0 N–H and O–H groups in total. The van der Waals surface area contributed by atoms with Gasteiger partial charge in [0, 0.05) is 18.1 Å². The third-order valence-corrected chi connectivity index (χ3v) is 2.79. The average molecular weight is 220 g/mol. The molecule has 1 atom stereocenters. The van der Waals surface area contributed by atoms with Gasteiger partial charge in [0.25, 0.3) is 0 Å². The summed E-state index contributed by atoms with van der Waals surface area (Å²) in [6.45, 7) is 5.90. The van der Waals surface area contributed by atoms with Crippen LogP contribution in [0.4, 0.5) is 0 Å². The molecule has 3 nitrogen and oxygen atoms in total. The summed E-state index contributed by atoms with van der Waals surface area (Å²) in [6.07, 6.45) is 0.928. The van der Waals surface area contributed by atoms with Gasteiger partial charge in [-0.1, -0.05) is 6.58 Å². The molecule has 0 amide bonds. The van der Waals surface area contributed by atoms with Gasteiger partial charge in [-0.15, -0.1) is 0 Å². The van der Waals surface area contributed by atoms with Gasteiger partial charge < -0.3 is 14.2 Å². The van der Waals surface area contributed by atoms with Crippen LogP contribution in [-0.4, -0.2) is 20.3 Å². The summed E-state index contributed by atoms with van der Waals surface area (Å²) >= 11 is 0. The van der Waals surface area contributed by atoms with Crippen LogP contribution in [0.5, 0.6) is 17.2 Å². The lowest BCUT2D eigenvalue weighted by molar-refractivity contribution is 0.269. The Bertz CT molecular complexity index is 390. The van der Waals surface area contributed by atoms with Crippen molar-refractivity contribution in [1.29, 1.82) is 0 Å². The number of methoxy groups -OCH3 is 2. The molecule has 0 aromatic heterocycles. The molecule has 0 radical (unpaired) electrons. The largest absolute Gasteiger partial charge is 0.493 e. The van der Waals surface area contributed by atoms with Crippen LogP contribution in [0.15, 0.2) is 24.3 Å². The molecular weight excluding hydrogens is 204 g/mol. The Balaban J connectivity index is 2.36. The van der Waals surface area contributed by atoms with E-state index in [4.69, 9.17) is 14.2 Å². The van der Waals surface area contributed by atoms with Crippen LogP contribution >= 0.6 is 0 Å². The molecule has 1 heterocycles. The van der Waals surface area contributed by atoms with Crippen LogP contribution in [0.1, 0.15) is 12.5 Å². The maximum absolute atomic E-state index is 5.78. The van der Waals surface area contributed by atoms with E-state index in [2.05, 4.69) is 6.58 Å². The first kappa shape index (κ1) is 10.9. The predicted octanol–water partition coefficient (Wildman–Crippen LogP) is 2.58. The Hall–Kier alpha value is -1.64. The summed E-state index contributed by atoms with van der Waals surface area (Å²) in [5, 5.41) is 0. The van der Waals surface area contributed by atoms with E-state index in [9.17, 15) is 0 Å². The maximum atomic E-state index is 5.78. The Labute approximate surface area is 95.6 Å². The molecule has 0 fully saturated rings. The van der Waals surface area contributed by atoms with Gasteiger partial charge in [-0.05, 0) is 18.6 Å². The van der Waals surface area contributed by atoms with Crippen molar-refractivity contribution in [3.8, 4) is 17.2 Å². The fourth-order valence-electron chi connectivity index (χ4n) is 1.84. The molecule has 0 aliphatic carbocycles. The SMILES string of the molecule is C=C(C)C1Cc2cc(OC)c(OC)cc2O1. The molecular formula is C13H16O3. The molecule has 1 aromatic rings. The van der Waals surface area contributed by atoms with Crippen molar-refractivity contribution in [2.24, 2.45) is 0 Å². The summed E-state index contributed by atoms with van der Waals surface area (Å²) in [7, 11) is 3.26. The highest BCUT2D eigenvalue weighted by molar-refractivity contribution is 5.53. The number of hydrogen-bond donors (Lipinski definition) is 0. The molecule has 0 saturated heterocycles. The summed E-state index contributed by atoms with van der Waals surface area (Å²) < 4.78 is 16.3. The molecule has 1 aromatic carbocycles. The number of rotatable bonds is 3. The number of fused-ring (bicyclic) bond motifs is 1. The summed E-state index contributed by atoms with van der Waals surface area (Å²) in [5.41, 5.74) is 2.18.